The number of sulfonamides is 1. The van der Waals surface area contributed by atoms with Crippen LogP contribution in [0.2, 0.25) is 0 Å². The maximum Gasteiger partial charge on any atom is 0.251 e. The Morgan fingerprint density at radius 2 is 1.97 bits per heavy atom. The van der Waals surface area contributed by atoms with Gasteiger partial charge in [-0.25, -0.2) is 13.4 Å². The van der Waals surface area contributed by atoms with Crippen molar-refractivity contribution >= 4 is 21.6 Å². The first kappa shape index (κ1) is 20.2. The van der Waals surface area contributed by atoms with Crippen LogP contribution in [0.1, 0.15) is 33.5 Å². The molecule has 0 aliphatic carbocycles. The second-order valence-electron chi connectivity index (χ2n) is 7.47. The van der Waals surface area contributed by atoms with E-state index in [0.717, 1.165) is 29.5 Å². The fraction of sp³-hybridized carbons (Fsp3) is 0.273. The summed E-state index contributed by atoms with van der Waals surface area (Å²) in [5, 5.41) is 2.99. The lowest BCUT2D eigenvalue weighted by Crippen LogP contribution is -2.34. The number of rotatable bonds is 6. The number of nitrogens with one attached hydrogen (secondary N) is 1. The number of nitrogens with zero attached hydrogens (tertiary/aromatic N) is 3. The van der Waals surface area contributed by atoms with Gasteiger partial charge in [0, 0.05) is 37.6 Å². The molecular formula is C22H24N4O3S. The third kappa shape index (κ3) is 4.38. The van der Waals surface area contributed by atoms with E-state index in [-0.39, 0.29) is 5.91 Å². The van der Waals surface area contributed by atoms with Crippen LogP contribution in [0.15, 0.2) is 61.2 Å². The van der Waals surface area contributed by atoms with E-state index < -0.39 is 10.0 Å². The van der Waals surface area contributed by atoms with Crippen molar-refractivity contribution in [3.8, 4) is 0 Å². The Hall–Kier alpha value is -3.13. The molecule has 4 rings (SSSR count). The van der Waals surface area contributed by atoms with Crippen LogP contribution < -0.4 is 9.62 Å². The molecule has 156 valence electrons. The van der Waals surface area contributed by atoms with Crippen molar-refractivity contribution in [2.75, 3.05) is 17.1 Å². The number of fused-ring (bicyclic) bond motifs is 1. The van der Waals surface area contributed by atoms with Gasteiger partial charge >= 0.3 is 0 Å². The van der Waals surface area contributed by atoms with Gasteiger partial charge < -0.3 is 9.88 Å². The summed E-state index contributed by atoms with van der Waals surface area (Å²) >= 11 is 0. The molecule has 0 saturated carbocycles. The number of imidazole rings is 1. The van der Waals surface area contributed by atoms with Crippen molar-refractivity contribution in [1.29, 1.82) is 0 Å². The van der Waals surface area contributed by atoms with Gasteiger partial charge in [-0.3, -0.25) is 9.10 Å². The minimum atomic E-state index is -3.32. The van der Waals surface area contributed by atoms with Crippen molar-refractivity contribution in [2.24, 2.45) is 0 Å². The summed E-state index contributed by atoms with van der Waals surface area (Å²) in [6, 6.07) is 13.2. The van der Waals surface area contributed by atoms with Crippen molar-refractivity contribution in [3.63, 3.8) is 0 Å². The highest BCUT2D eigenvalue weighted by Gasteiger charge is 2.24. The lowest BCUT2D eigenvalue weighted by Gasteiger charge is -2.29. The number of hydrogen-bond donors (Lipinski definition) is 1. The minimum absolute atomic E-state index is 0.174. The van der Waals surface area contributed by atoms with E-state index in [1.807, 2.05) is 35.0 Å². The molecule has 1 amide bonds. The summed E-state index contributed by atoms with van der Waals surface area (Å²) < 4.78 is 27.4. The third-order valence-electron chi connectivity index (χ3n) is 5.29. The van der Waals surface area contributed by atoms with E-state index in [1.54, 1.807) is 30.7 Å². The normalized spacial score (nSPS) is 13.7. The summed E-state index contributed by atoms with van der Waals surface area (Å²) in [7, 11) is -3.32. The van der Waals surface area contributed by atoms with Gasteiger partial charge in [0.05, 0.1) is 18.3 Å². The molecule has 1 aliphatic rings. The molecular weight excluding hydrogens is 400 g/mol. The van der Waals surface area contributed by atoms with Crippen molar-refractivity contribution in [2.45, 2.75) is 25.9 Å². The molecule has 3 aromatic rings. The summed E-state index contributed by atoms with van der Waals surface area (Å²) in [5.41, 5.74) is 4.26. The quantitative estimate of drug-likeness (QED) is 0.659. The van der Waals surface area contributed by atoms with Gasteiger partial charge in [-0.15, -0.1) is 0 Å². The fourth-order valence-electron chi connectivity index (χ4n) is 3.79. The molecule has 1 aliphatic heterocycles. The number of amides is 1. The average molecular weight is 425 g/mol. The number of carbonyl (C=O) groups excluding carboxylic acids is 1. The highest BCUT2D eigenvalue weighted by atomic mass is 32.2. The van der Waals surface area contributed by atoms with Gasteiger partial charge in [-0.05, 0) is 47.7 Å². The van der Waals surface area contributed by atoms with Crippen molar-refractivity contribution < 1.29 is 13.2 Å². The van der Waals surface area contributed by atoms with Gasteiger partial charge in [0.1, 0.15) is 0 Å². The Bertz CT molecular complexity index is 1160. The van der Waals surface area contributed by atoms with Crippen LogP contribution in [-0.2, 0) is 29.5 Å². The molecule has 0 radical (unpaired) electrons. The fourth-order valence-corrected chi connectivity index (χ4v) is 4.78. The van der Waals surface area contributed by atoms with Crippen LogP contribution in [0.25, 0.3) is 0 Å². The first-order chi connectivity index (χ1) is 14.4. The number of aryl methyl sites for hydroxylation is 1. The van der Waals surface area contributed by atoms with E-state index in [4.69, 9.17) is 0 Å². The molecule has 0 saturated heterocycles. The zero-order valence-electron chi connectivity index (χ0n) is 16.8. The zero-order valence-corrected chi connectivity index (χ0v) is 17.6. The molecule has 8 heteroatoms. The standard InChI is InChI=1S/C22H24N4O3S/c1-30(28,29)26-11-4-7-17-13-18(8-9-21(17)26)22(27)24-14-19-5-2-3-6-20(19)15-25-12-10-23-16-25/h2-3,5-6,8-10,12-13,16H,4,7,11,14-15H2,1H3,(H,24,27). The Morgan fingerprint density at radius 1 is 1.17 bits per heavy atom. The molecule has 2 heterocycles. The summed E-state index contributed by atoms with van der Waals surface area (Å²) in [4.78, 5) is 16.8. The van der Waals surface area contributed by atoms with Crippen molar-refractivity contribution in [1.82, 2.24) is 14.9 Å². The Morgan fingerprint density at radius 3 is 2.70 bits per heavy atom. The number of carbonyl (C=O) groups is 1. The first-order valence-electron chi connectivity index (χ1n) is 9.83. The van der Waals surface area contributed by atoms with Gasteiger partial charge in [-0.2, -0.15) is 0 Å². The van der Waals surface area contributed by atoms with E-state index in [9.17, 15) is 13.2 Å². The average Bonchev–Trinajstić information content (AvgIpc) is 3.24. The van der Waals surface area contributed by atoms with Crippen molar-refractivity contribution in [3.05, 3.63) is 83.4 Å². The van der Waals surface area contributed by atoms with Gasteiger partial charge in [0.25, 0.3) is 5.91 Å². The SMILES string of the molecule is CS(=O)(=O)N1CCCc2cc(C(=O)NCc3ccccc3Cn3ccnc3)ccc21. The second-order valence-corrected chi connectivity index (χ2v) is 9.38. The highest BCUT2D eigenvalue weighted by Crippen LogP contribution is 2.29. The van der Waals surface area contributed by atoms with E-state index in [0.29, 0.717) is 30.9 Å². The minimum Gasteiger partial charge on any atom is -0.348 e. The maximum absolute atomic E-state index is 12.8. The van der Waals surface area contributed by atoms with Crippen LogP contribution >= 0.6 is 0 Å². The van der Waals surface area contributed by atoms with Crippen LogP contribution in [0.4, 0.5) is 5.69 Å². The Kier molecular flexibility index (Phi) is 5.59. The highest BCUT2D eigenvalue weighted by molar-refractivity contribution is 7.92. The summed E-state index contributed by atoms with van der Waals surface area (Å²) in [6.45, 7) is 1.58. The lowest BCUT2D eigenvalue weighted by atomic mass is 10.0. The number of hydrogen-bond acceptors (Lipinski definition) is 4. The predicted molar refractivity (Wildman–Crippen MR) is 116 cm³/mol. The zero-order chi connectivity index (χ0) is 21.1. The summed E-state index contributed by atoms with van der Waals surface area (Å²) in [6.07, 6.45) is 8.13. The molecule has 2 aromatic carbocycles. The number of benzene rings is 2. The Labute approximate surface area is 176 Å². The number of aromatic nitrogens is 2. The van der Waals surface area contributed by atoms with Crippen LogP contribution in [0.5, 0.6) is 0 Å². The molecule has 0 spiro atoms. The van der Waals surface area contributed by atoms with Crippen LogP contribution in [-0.4, -0.2) is 36.7 Å². The molecule has 0 bridgehead atoms. The van der Waals surface area contributed by atoms with Gasteiger partial charge in [-0.1, -0.05) is 24.3 Å². The van der Waals surface area contributed by atoms with E-state index in [2.05, 4.69) is 10.3 Å². The van der Waals surface area contributed by atoms with Crippen LogP contribution in [0, 0.1) is 0 Å². The molecule has 0 unspecified atom stereocenters. The lowest BCUT2D eigenvalue weighted by molar-refractivity contribution is 0.0950. The number of anilines is 1. The molecule has 1 aromatic heterocycles. The maximum atomic E-state index is 12.8. The smallest absolute Gasteiger partial charge is 0.251 e. The molecule has 30 heavy (non-hydrogen) atoms. The summed E-state index contributed by atoms with van der Waals surface area (Å²) in [5.74, 6) is -0.174. The largest absolute Gasteiger partial charge is 0.348 e. The third-order valence-corrected chi connectivity index (χ3v) is 6.47. The predicted octanol–water partition coefficient (Wildman–Crippen LogP) is 2.57. The van der Waals surface area contributed by atoms with Gasteiger partial charge in [0.2, 0.25) is 10.0 Å². The van der Waals surface area contributed by atoms with E-state index in [1.165, 1.54) is 10.6 Å². The monoisotopic (exact) mass is 424 g/mol. The van der Waals surface area contributed by atoms with Crippen LogP contribution in [0.3, 0.4) is 0 Å². The van der Waals surface area contributed by atoms with Gasteiger partial charge in [0.15, 0.2) is 0 Å². The molecule has 7 nitrogen and oxygen atoms in total. The Balaban J connectivity index is 1.48. The molecule has 1 N–H and O–H groups in total. The second kappa shape index (κ2) is 8.31. The molecule has 0 fully saturated rings. The topological polar surface area (TPSA) is 84.3 Å². The van der Waals surface area contributed by atoms with E-state index >= 15 is 0 Å². The first-order valence-corrected chi connectivity index (χ1v) is 11.7. The molecule has 0 atom stereocenters.